The van der Waals surface area contributed by atoms with Crippen LogP contribution in [0.5, 0.6) is 0 Å². The van der Waals surface area contributed by atoms with Crippen LogP contribution in [0.25, 0.3) is 0 Å². The molecular formula is C26H46N8O8. The fourth-order valence-corrected chi connectivity index (χ4v) is 3.57. The number of carbonyl (C=O) groups is 5. The Labute approximate surface area is 245 Å². The minimum Gasteiger partial charge on any atom is -0.459 e. The Morgan fingerprint density at radius 1 is 0.881 bits per heavy atom. The standard InChI is InChI=1S/C26H46N8O8/c1-20(35)42-19-21-18-34(33-32-21)13-5-3-7-23(36)29-11-4-2-6-22(26(28)39)31-25(38)9-8-24(37)30-12-15-41-17-16-40-14-10-27/h18,22H,2-17,19,27H2,1H3,(H2,28,39)(H,29,36)(H,30,37)(H,31,38)/t22-/m0/s1. The summed E-state index contributed by atoms with van der Waals surface area (Å²) in [6, 6.07) is -0.850. The molecule has 0 bridgehead atoms. The van der Waals surface area contributed by atoms with Gasteiger partial charge in [0.15, 0.2) is 0 Å². The van der Waals surface area contributed by atoms with E-state index in [0.717, 1.165) is 6.42 Å². The molecule has 1 aromatic heterocycles. The van der Waals surface area contributed by atoms with Crippen molar-refractivity contribution in [3.63, 3.8) is 0 Å². The van der Waals surface area contributed by atoms with Crippen molar-refractivity contribution in [1.29, 1.82) is 0 Å². The molecule has 0 saturated carbocycles. The molecule has 1 heterocycles. The lowest BCUT2D eigenvalue weighted by atomic mass is 10.1. The quantitative estimate of drug-likeness (QED) is 0.0652. The van der Waals surface area contributed by atoms with E-state index in [4.69, 9.17) is 25.7 Å². The number of ether oxygens (including phenoxy) is 3. The van der Waals surface area contributed by atoms with Crippen molar-refractivity contribution in [1.82, 2.24) is 30.9 Å². The summed E-state index contributed by atoms with van der Waals surface area (Å²) < 4.78 is 17.0. The van der Waals surface area contributed by atoms with Crippen LogP contribution in [0.2, 0.25) is 0 Å². The van der Waals surface area contributed by atoms with Gasteiger partial charge < -0.3 is 41.6 Å². The van der Waals surface area contributed by atoms with E-state index in [1.807, 2.05) is 0 Å². The largest absolute Gasteiger partial charge is 0.459 e. The first-order valence-corrected chi connectivity index (χ1v) is 14.2. The van der Waals surface area contributed by atoms with Gasteiger partial charge in [-0.1, -0.05) is 5.21 Å². The maximum absolute atomic E-state index is 12.2. The van der Waals surface area contributed by atoms with Crippen LogP contribution < -0.4 is 27.4 Å². The van der Waals surface area contributed by atoms with E-state index in [1.165, 1.54) is 6.92 Å². The second-order valence-electron chi connectivity index (χ2n) is 9.44. The number of hydrogen-bond acceptors (Lipinski definition) is 11. The van der Waals surface area contributed by atoms with Crippen molar-refractivity contribution in [3.8, 4) is 0 Å². The first-order valence-electron chi connectivity index (χ1n) is 14.2. The van der Waals surface area contributed by atoms with Gasteiger partial charge in [0.2, 0.25) is 23.6 Å². The summed E-state index contributed by atoms with van der Waals surface area (Å²) in [5.74, 6) is -1.87. The average Bonchev–Trinajstić information content (AvgIpc) is 3.41. The Kier molecular flexibility index (Phi) is 19.9. The second-order valence-corrected chi connectivity index (χ2v) is 9.44. The molecule has 1 aromatic rings. The SMILES string of the molecule is CC(=O)OCc1cn(CCCCC(=O)NCCCC[C@H](NC(=O)CCC(=O)NCCOCCOCCN)C(N)=O)nn1. The van der Waals surface area contributed by atoms with Crippen molar-refractivity contribution in [2.24, 2.45) is 11.5 Å². The highest BCUT2D eigenvalue weighted by Gasteiger charge is 2.18. The zero-order chi connectivity index (χ0) is 31.0. The van der Waals surface area contributed by atoms with Gasteiger partial charge >= 0.3 is 5.97 Å². The topological polar surface area (TPSA) is 232 Å². The Hall–Kier alpha value is -3.63. The molecule has 1 atom stereocenters. The van der Waals surface area contributed by atoms with Crippen molar-refractivity contribution >= 4 is 29.6 Å². The third-order valence-electron chi connectivity index (χ3n) is 5.75. The lowest BCUT2D eigenvalue weighted by Crippen LogP contribution is -2.44. The molecular weight excluding hydrogens is 552 g/mol. The minimum absolute atomic E-state index is 0.0289. The molecule has 1 rings (SSSR count). The second kappa shape index (κ2) is 23.0. The molecule has 16 heteroatoms. The van der Waals surface area contributed by atoms with Crippen molar-refractivity contribution in [2.75, 3.05) is 46.1 Å². The molecule has 16 nitrogen and oxygen atoms in total. The van der Waals surface area contributed by atoms with Gasteiger partial charge in [-0.05, 0) is 32.1 Å². The summed E-state index contributed by atoms with van der Waals surface area (Å²) in [6.45, 7) is 4.80. The highest BCUT2D eigenvalue weighted by Crippen LogP contribution is 2.04. The van der Waals surface area contributed by atoms with Crippen LogP contribution in [0.4, 0.5) is 0 Å². The van der Waals surface area contributed by atoms with Crippen LogP contribution >= 0.6 is 0 Å². The fraction of sp³-hybridized carbons (Fsp3) is 0.731. The first kappa shape index (κ1) is 36.4. The summed E-state index contributed by atoms with van der Waals surface area (Å²) in [7, 11) is 0. The number of esters is 1. The van der Waals surface area contributed by atoms with Crippen LogP contribution in [0.15, 0.2) is 6.20 Å². The van der Waals surface area contributed by atoms with Gasteiger partial charge in [0.05, 0.1) is 32.6 Å². The summed E-state index contributed by atoms with van der Waals surface area (Å²) in [4.78, 5) is 58.7. The number of carbonyl (C=O) groups excluding carboxylic acids is 5. The van der Waals surface area contributed by atoms with Crippen LogP contribution in [0.1, 0.15) is 64.0 Å². The van der Waals surface area contributed by atoms with E-state index >= 15 is 0 Å². The molecule has 0 aliphatic rings. The normalized spacial score (nSPS) is 11.5. The number of nitrogens with two attached hydrogens (primary N) is 2. The Balaban J connectivity index is 2.09. The van der Waals surface area contributed by atoms with Crippen LogP contribution in [-0.4, -0.2) is 96.7 Å². The first-order chi connectivity index (χ1) is 20.2. The van der Waals surface area contributed by atoms with Gasteiger partial charge in [0.25, 0.3) is 0 Å². The van der Waals surface area contributed by atoms with Gasteiger partial charge in [-0.25, -0.2) is 0 Å². The maximum atomic E-state index is 12.2. The van der Waals surface area contributed by atoms with E-state index in [9.17, 15) is 24.0 Å². The fourth-order valence-electron chi connectivity index (χ4n) is 3.57. The molecule has 238 valence electrons. The number of rotatable bonds is 25. The van der Waals surface area contributed by atoms with Crippen LogP contribution in [0.3, 0.4) is 0 Å². The summed E-state index contributed by atoms with van der Waals surface area (Å²) in [5, 5.41) is 15.9. The number of primary amides is 1. The number of nitrogens with zero attached hydrogens (tertiary/aromatic N) is 3. The molecule has 0 spiro atoms. The molecule has 0 saturated heterocycles. The number of aromatic nitrogens is 3. The van der Waals surface area contributed by atoms with E-state index in [0.29, 0.717) is 90.4 Å². The number of aryl methyl sites for hydroxylation is 1. The van der Waals surface area contributed by atoms with Crippen LogP contribution in [0, 0.1) is 0 Å². The van der Waals surface area contributed by atoms with Gasteiger partial charge in [0, 0.05) is 52.4 Å². The zero-order valence-electron chi connectivity index (χ0n) is 24.4. The molecule has 0 unspecified atom stereocenters. The number of amides is 4. The molecule has 0 radical (unpaired) electrons. The summed E-state index contributed by atoms with van der Waals surface area (Å²) in [5.41, 5.74) is 11.3. The molecule has 0 aliphatic heterocycles. The van der Waals surface area contributed by atoms with Crippen molar-refractivity contribution in [2.45, 2.75) is 77.5 Å². The predicted molar refractivity (Wildman–Crippen MR) is 150 cm³/mol. The summed E-state index contributed by atoms with van der Waals surface area (Å²) >= 11 is 0. The Morgan fingerprint density at radius 3 is 2.29 bits per heavy atom. The molecule has 0 fully saturated rings. The number of unbranched alkanes of at least 4 members (excludes halogenated alkanes) is 2. The minimum atomic E-state index is -0.850. The lowest BCUT2D eigenvalue weighted by Gasteiger charge is -2.15. The summed E-state index contributed by atoms with van der Waals surface area (Å²) in [6.07, 6.45) is 4.85. The van der Waals surface area contributed by atoms with E-state index < -0.39 is 17.9 Å². The predicted octanol–water partition coefficient (Wildman–Crippen LogP) is -1.34. The number of hydrogen-bond donors (Lipinski definition) is 5. The molecule has 42 heavy (non-hydrogen) atoms. The molecule has 0 aliphatic carbocycles. The van der Waals surface area contributed by atoms with Gasteiger partial charge in [-0.15, -0.1) is 5.10 Å². The Morgan fingerprint density at radius 2 is 1.57 bits per heavy atom. The molecule has 0 aromatic carbocycles. The van der Waals surface area contributed by atoms with Crippen molar-refractivity contribution < 1.29 is 38.2 Å². The lowest BCUT2D eigenvalue weighted by molar-refractivity contribution is -0.142. The average molecular weight is 599 g/mol. The number of nitrogens with one attached hydrogen (secondary N) is 3. The Bertz CT molecular complexity index is 958. The maximum Gasteiger partial charge on any atom is 0.303 e. The van der Waals surface area contributed by atoms with Gasteiger partial charge in [0.1, 0.15) is 18.3 Å². The van der Waals surface area contributed by atoms with Gasteiger partial charge in [-0.3, -0.25) is 28.7 Å². The van der Waals surface area contributed by atoms with E-state index in [1.54, 1.807) is 10.9 Å². The van der Waals surface area contributed by atoms with Gasteiger partial charge in [-0.2, -0.15) is 0 Å². The molecule has 7 N–H and O–H groups in total. The monoisotopic (exact) mass is 598 g/mol. The van der Waals surface area contributed by atoms with Crippen molar-refractivity contribution in [3.05, 3.63) is 11.9 Å². The molecule has 4 amide bonds. The van der Waals surface area contributed by atoms with E-state index in [2.05, 4.69) is 26.3 Å². The van der Waals surface area contributed by atoms with E-state index in [-0.39, 0.29) is 37.2 Å². The highest BCUT2D eigenvalue weighted by atomic mass is 16.5. The zero-order valence-corrected chi connectivity index (χ0v) is 24.4. The highest BCUT2D eigenvalue weighted by molar-refractivity contribution is 5.88. The van der Waals surface area contributed by atoms with Crippen LogP contribution in [-0.2, 0) is 51.3 Å². The third kappa shape index (κ3) is 19.4. The smallest absolute Gasteiger partial charge is 0.303 e. The third-order valence-corrected chi connectivity index (χ3v) is 5.75.